The Balaban J connectivity index is 2.32. The monoisotopic (exact) mass is 268 g/mol. The lowest BCUT2D eigenvalue weighted by atomic mass is 9.97. The van der Waals surface area contributed by atoms with E-state index < -0.39 is 24.1 Å². The van der Waals surface area contributed by atoms with Crippen LogP contribution in [0.5, 0.6) is 0 Å². The van der Waals surface area contributed by atoms with E-state index in [1.807, 2.05) is 0 Å². The van der Waals surface area contributed by atoms with Crippen molar-refractivity contribution in [3.8, 4) is 0 Å². The molecular weight excluding hydrogens is 249 g/mol. The molecule has 2 unspecified atom stereocenters. The first-order chi connectivity index (χ1) is 8.30. The van der Waals surface area contributed by atoms with E-state index in [9.17, 15) is 18.0 Å². The number of nitrogens with one attached hydrogen (secondary N) is 1. The fraction of sp³-hybridized carbons (Fsp3) is 0.909. The van der Waals surface area contributed by atoms with E-state index in [2.05, 4.69) is 5.32 Å². The van der Waals surface area contributed by atoms with Gasteiger partial charge in [-0.1, -0.05) is 0 Å². The summed E-state index contributed by atoms with van der Waals surface area (Å²) in [6.07, 6.45) is -3.61. The number of halogens is 3. The van der Waals surface area contributed by atoms with Crippen LogP contribution in [0.2, 0.25) is 0 Å². The maximum Gasteiger partial charge on any atom is 0.393 e. The minimum atomic E-state index is -4.15. The van der Waals surface area contributed by atoms with Crippen LogP contribution in [-0.4, -0.2) is 54.9 Å². The van der Waals surface area contributed by atoms with Gasteiger partial charge in [0, 0.05) is 12.6 Å². The molecule has 1 aliphatic heterocycles. The average Bonchev–Trinajstić information content (AvgIpc) is 2.71. The summed E-state index contributed by atoms with van der Waals surface area (Å²) in [6, 6.07) is -0.544. The largest absolute Gasteiger partial charge is 0.481 e. The minimum Gasteiger partial charge on any atom is -0.481 e. The first kappa shape index (κ1) is 15.2. The van der Waals surface area contributed by atoms with Crippen molar-refractivity contribution in [3.63, 3.8) is 0 Å². The topological polar surface area (TPSA) is 52.6 Å². The zero-order valence-electron chi connectivity index (χ0n) is 10.3. The third kappa shape index (κ3) is 4.81. The molecular formula is C11H19F3N2O2. The number of hydrogen-bond donors (Lipinski definition) is 2. The highest BCUT2D eigenvalue weighted by Crippen LogP contribution is 2.35. The van der Waals surface area contributed by atoms with E-state index in [0.717, 1.165) is 0 Å². The SMILES string of the molecule is CN(CCC(=O)O)CCC1NCCC1C(F)(F)F. The van der Waals surface area contributed by atoms with Gasteiger partial charge in [0.05, 0.1) is 12.3 Å². The fourth-order valence-corrected chi connectivity index (χ4v) is 2.22. The van der Waals surface area contributed by atoms with Gasteiger partial charge in [-0.25, -0.2) is 0 Å². The summed E-state index contributed by atoms with van der Waals surface area (Å²) in [4.78, 5) is 12.1. The fourth-order valence-electron chi connectivity index (χ4n) is 2.22. The number of alkyl halides is 3. The third-order valence-corrected chi connectivity index (χ3v) is 3.30. The molecule has 1 saturated heterocycles. The van der Waals surface area contributed by atoms with Crippen molar-refractivity contribution in [1.82, 2.24) is 10.2 Å². The van der Waals surface area contributed by atoms with Crippen LogP contribution in [0.25, 0.3) is 0 Å². The standard InChI is InChI=1S/C11H19F3N2O2/c1-16(7-4-10(17)18)6-3-9-8(2-5-15-9)11(12,13)14/h8-9,15H,2-7H2,1H3,(H,17,18). The molecule has 2 atom stereocenters. The molecule has 0 radical (unpaired) electrons. The van der Waals surface area contributed by atoms with Crippen LogP contribution in [-0.2, 0) is 4.79 Å². The Morgan fingerprint density at radius 3 is 2.67 bits per heavy atom. The number of carbonyl (C=O) groups is 1. The first-order valence-corrected chi connectivity index (χ1v) is 6.01. The van der Waals surface area contributed by atoms with E-state index in [4.69, 9.17) is 5.11 Å². The highest BCUT2D eigenvalue weighted by Gasteiger charge is 2.46. The number of hydrogen-bond acceptors (Lipinski definition) is 3. The second-order valence-corrected chi connectivity index (χ2v) is 4.73. The van der Waals surface area contributed by atoms with Crippen molar-refractivity contribution in [3.05, 3.63) is 0 Å². The van der Waals surface area contributed by atoms with Gasteiger partial charge in [-0.2, -0.15) is 13.2 Å². The summed E-state index contributed by atoms with van der Waals surface area (Å²) in [7, 11) is 1.72. The molecule has 18 heavy (non-hydrogen) atoms. The molecule has 0 aromatic carbocycles. The van der Waals surface area contributed by atoms with Gasteiger partial charge in [-0.05, 0) is 33.0 Å². The predicted octanol–water partition coefficient (Wildman–Crippen LogP) is 1.32. The number of rotatable bonds is 6. The molecule has 2 N–H and O–H groups in total. The zero-order chi connectivity index (χ0) is 13.8. The Bertz CT molecular complexity index is 284. The summed E-state index contributed by atoms with van der Waals surface area (Å²) >= 11 is 0. The Labute approximate surface area is 104 Å². The van der Waals surface area contributed by atoms with Crippen LogP contribution in [0, 0.1) is 5.92 Å². The molecule has 0 aromatic heterocycles. The summed E-state index contributed by atoms with van der Waals surface area (Å²) in [6.45, 7) is 1.23. The van der Waals surface area contributed by atoms with Crippen LogP contribution in [0.15, 0.2) is 0 Å². The lowest BCUT2D eigenvalue weighted by molar-refractivity contribution is -0.176. The Morgan fingerprint density at radius 1 is 1.44 bits per heavy atom. The number of carboxylic acids is 1. The van der Waals surface area contributed by atoms with Crippen LogP contribution in [0.4, 0.5) is 13.2 Å². The Hall–Kier alpha value is -0.820. The minimum absolute atomic E-state index is 0.0112. The van der Waals surface area contributed by atoms with Gasteiger partial charge in [0.2, 0.25) is 0 Å². The van der Waals surface area contributed by atoms with Crippen LogP contribution in [0.1, 0.15) is 19.3 Å². The summed E-state index contributed by atoms with van der Waals surface area (Å²) in [5.41, 5.74) is 0. The average molecular weight is 268 g/mol. The molecule has 106 valence electrons. The summed E-state index contributed by atoms with van der Waals surface area (Å²) in [5, 5.41) is 11.4. The van der Waals surface area contributed by atoms with Gasteiger partial charge in [-0.3, -0.25) is 4.79 Å². The van der Waals surface area contributed by atoms with Crippen molar-refractivity contribution in [1.29, 1.82) is 0 Å². The van der Waals surface area contributed by atoms with E-state index >= 15 is 0 Å². The lowest BCUT2D eigenvalue weighted by Gasteiger charge is -2.24. The maximum absolute atomic E-state index is 12.7. The van der Waals surface area contributed by atoms with E-state index in [-0.39, 0.29) is 12.8 Å². The quantitative estimate of drug-likeness (QED) is 0.763. The molecule has 0 saturated carbocycles. The van der Waals surface area contributed by atoms with Gasteiger partial charge in [0.15, 0.2) is 0 Å². The second kappa shape index (κ2) is 6.38. The first-order valence-electron chi connectivity index (χ1n) is 6.01. The number of aliphatic carboxylic acids is 1. The Kier molecular flexibility index (Phi) is 5.40. The molecule has 1 aliphatic rings. The highest BCUT2D eigenvalue weighted by atomic mass is 19.4. The predicted molar refractivity (Wildman–Crippen MR) is 60.3 cm³/mol. The molecule has 0 spiro atoms. The van der Waals surface area contributed by atoms with Gasteiger partial charge in [-0.15, -0.1) is 0 Å². The molecule has 7 heteroatoms. The molecule has 1 rings (SSSR count). The normalized spacial score (nSPS) is 24.7. The number of nitrogens with zero attached hydrogens (tertiary/aromatic N) is 1. The van der Waals surface area contributed by atoms with Crippen molar-refractivity contribution in [2.75, 3.05) is 26.7 Å². The van der Waals surface area contributed by atoms with Gasteiger partial charge in [0.1, 0.15) is 0 Å². The zero-order valence-corrected chi connectivity index (χ0v) is 10.3. The molecule has 0 aromatic rings. The molecule has 0 amide bonds. The van der Waals surface area contributed by atoms with Crippen molar-refractivity contribution >= 4 is 5.97 Å². The van der Waals surface area contributed by atoms with Crippen molar-refractivity contribution in [2.45, 2.75) is 31.5 Å². The number of carboxylic acid groups (broad SMARTS) is 1. The molecule has 1 fully saturated rings. The maximum atomic E-state index is 12.7. The Morgan fingerprint density at radius 2 is 2.11 bits per heavy atom. The highest BCUT2D eigenvalue weighted by molar-refractivity contribution is 5.66. The third-order valence-electron chi connectivity index (χ3n) is 3.30. The molecule has 1 heterocycles. The summed E-state index contributed by atoms with van der Waals surface area (Å²) < 4.78 is 38.0. The second-order valence-electron chi connectivity index (χ2n) is 4.73. The molecule has 4 nitrogen and oxygen atoms in total. The summed E-state index contributed by atoms with van der Waals surface area (Å²) in [5.74, 6) is -2.17. The van der Waals surface area contributed by atoms with Crippen molar-refractivity contribution in [2.24, 2.45) is 5.92 Å². The molecule has 0 aliphatic carbocycles. The van der Waals surface area contributed by atoms with Gasteiger partial charge in [0.25, 0.3) is 0 Å². The van der Waals surface area contributed by atoms with Gasteiger partial charge >= 0.3 is 12.1 Å². The van der Waals surface area contributed by atoms with Crippen LogP contribution >= 0.6 is 0 Å². The lowest BCUT2D eigenvalue weighted by Crippen LogP contribution is -2.38. The smallest absolute Gasteiger partial charge is 0.393 e. The van der Waals surface area contributed by atoms with Gasteiger partial charge < -0.3 is 15.3 Å². The van der Waals surface area contributed by atoms with Crippen LogP contribution < -0.4 is 5.32 Å². The van der Waals surface area contributed by atoms with Crippen LogP contribution in [0.3, 0.4) is 0 Å². The van der Waals surface area contributed by atoms with E-state index in [1.54, 1.807) is 11.9 Å². The molecule has 0 bridgehead atoms. The van der Waals surface area contributed by atoms with E-state index in [0.29, 0.717) is 26.1 Å². The van der Waals surface area contributed by atoms with E-state index in [1.165, 1.54) is 0 Å². The van der Waals surface area contributed by atoms with Crippen molar-refractivity contribution < 1.29 is 23.1 Å².